The molecule has 0 aliphatic heterocycles. The third-order valence-corrected chi connectivity index (χ3v) is 1.54. The summed E-state index contributed by atoms with van der Waals surface area (Å²) in [5.74, 6) is -0.902. The van der Waals surface area contributed by atoms with Crippen molar-refractivity contribution in [1.29, 1.82) is 0 Å². The molecule has 0 aromatic heterocycles. The Balaban J connectivity index is 2.95. The minimum absolute atomic E-state index is 0.0236. The highest BCUT2D eigenvalue weighted by atomic mass is 16.5. The van der Waals surface area contributed by atoms with Gasteiger partial charge in [0.15, 0.2) is 0 Å². The van der Waals surface area contributed by atoms with Crippen LogP contribution in [0, 0.1) is 0 Å². The first-order chi connectivity index (χ1) is 6.16. The fourth-order valence-electron chi connectivity index (χ4n) is 0.876. The Morgan fingerprint density at radius 1 is 1.46 bits per heavy atom. The van der Waals surface area contributed by atoms with Gasteiger partial charge in [-0.1, -0.05) is 12.1 Å². The molecule has 1 rings (SSSR count). The van der Waals surface area contributed by atoms with Gasteiger partial charge in [0.25, 0.3) is 5.91 Å². The molecule has 1 aromatic rings. The number of phenols is 1. The Labute approximate surface area is 75.0 Å². The van der Waals surface area contributed by atoms with Crippen molar-refractivity contribution in [2.45, 2.75) is 0 Å². The molecule has 0 fully saturated rings. The highest BCUT2D eigenvalue weighted by Crippen LogP contribution is 2.16. The monoisotopic (exact) mass is 182 g/mol. The van der Waals surface area contributed by atoms with E-state index in [1.807, 2.05) is 0 Å². The number of amides is 1. The van der Waals surface area contributed by atoms with Crippen LogP contribution in [0.4, 0.5) is 0 Å². The van der Waals surface area contributed by atoms with Crippen LogP contribution in [0.5, 0.6) is 5.75 Å². The van der Waals surface area contributed by atoms with E-state index in [9.17, 15) is 9.90 Å². The third kappa shape index (κ3) is 1.95. The number of nitrogens with two attached hydrogens (primary N) is 1. The van der Waals surface area contributed by atoms with Crippen molar-refractivity contribution in [1.82, 2.24) is 5.06 Å². The maximum atomic E-state index is 11.2. The summed E-state index contributed by atoms with van der Waals surface area (Å²) in [6.45, 7) is -0.312. The second kappa shape index (κ2) is 3.88. The summed E-state index contributed by atoms with van der Waals surface area (Å²) in [6.07, 6.45) is 0. The van der Waals surface area contributed by atoms with Gasteiger partial charge >= 0.3 is 0 Å². The minimum atomic E-state index is -0.722. The molecule has 70 valence electrons. The molecule has 0 unspecified atom stereocenters. The molecule has 0 atom stereocenters. The zero-order valence-electron chi connectivity index (χ0n) is 6.84. The van der Waals surface area contributed by atoms with Gasteiger partial charge in [-0.05, 0) is 12.1 Å². The Morgan fingerprint density at radius 2 is 2.08 bits per heavy atom. The Morgan fingerprint density at radius 3 is 2.62 bits per heavy atom. The van der Waals surface area contributed by atoms with Crippen molar-refractivity contribution >= 4 is 5.91 Å². The SMILES string of the molecule is NCN(O)C(=O)c1ccccc1O. The summed E-state index contributed by atoms with van der Waals surface area (Å²) in [7, 11) is 0. The van der Waals surface area contributed by atoms with Crippen LogP contribution >= 0.6 is 0 Å². The number of aromatic hydroxyl groups is 1. The standard InChI is InChI=1S/C8H10N2O3/c9-5-10(13)8(12)6-3-1-2-4-7(6)11/h1-4,11,13H,5,9H2. The molecule has 0 heterocycles. The Bertz CT molecular complexity index is 314. The molecular weight excluding hydrogens is 172 g/mol. The molecule has 4 N–H and O–H groups in total. The second-order valence-corrected chi connectivity index (χ2v) is 2.40. The predicted octanol–water partition coefficient (Wildman–Crippen LogP) is 0.140. The fourth-order valence-corrected chi connectivity index (χ4v) is 0.876. The van der Waals surface area contributed by atoms with Gasteiger partial charge in [0.2, 0.25) is 0 Å². The van der Waals surface area contributed by atoms with Crippen molar-refractivity contribution in [3.8, 4) is 5.75 Å². The number of hydrogen-bond donors (Lipinski definition) is 3. The number of hydroxylamine groups is 2. The first kappa shape index (κ1) is 9.50. The van der Waals surface area contributed by atoms with E-state index >= 15 is 0 Å². The van der Waals surface area contributed by atoms with E-state index in [-0.39, 0.29) is 18.0 Å². The van der Waals surface area contributed by atoms with E-state index in [2.05, 4.69) is 0 Å². The Kier molecular flexibility index (Phi) is 2.84. The van der Waals surface area contributed by atoms with Crippen LogP contribution in [-0.2, 0) is 0 Å². The van der Waals surface area contributed by atoms with Crippen LogP contribution in [0.1, 0.15) is 10.4 Å². The number of hydrogen-bond acceptors (Lipinski definition) is 4. The smallest absolute Gasteiger partial charge is 0.282 e. The van der Waals surface area contributed by atoms with Gasteiger partial charge in [-0.2, -0.15) is 0 Å². The van der Waals surface area contributed by atoms with Gasteiger partial charge < -0.3 is 10.8 Å². The lowest BCUT2D eigenvalue weighted by atomic mass is 10.2. The Hall–Kier alpha value is -1.59. The van der Waals surface area contributed by atoms with E-state index in [1.54, 1.807) is 12.1 Å². The molecule has 0 saturated carbocycles. The quantitative estimate of drug-likeness (QED) is 0.345. The molecule has 0 saturated heterocycles. The summed E-state index contributed by atoms with van der Waals surface area (Å²) in [5, 5.41) is 18.5. The molecule has 0 bridgehead atoms. The summed E-state index contributed by atoms with van der Waals surface area (Å²) in [5.41, 5.74) is 5.06. The molecule has 0 radical (unpaired) electrons. The summed E-state index contributed by atoms with van der Waals surface area (Å²) >= 11 is 0. The summed E-state index contributed by atoms with van der Waals surface area (Å²) in [6, 6.07) is 5.92. The van der Waals surface area contributed by atoms with Crippen molar-refractivity contribution in [2.75, 3.05) is 6.67 Å². The van der Waals surface area contributed by atoms with Gasteiger partial charge in [0.1, 0.15) is 5.75 Å². The molecular formula is C8H10N2O3. The largest absolute Gasteiger partial charge is 0.507 e. The van der Waals surface area contributed by atoms with Gasteiger partial charge in [0, 0.05) is 0 Å². The fraction of sp³-hybridized carbons (Fsp3) is 0.125. The zero-order chi connectivity index (χ0) is 9.84. The maximum absolute atomic E-state index is 11.2. The molecule has 13 heavy (non-hydrogen) atoms. The van der Waals surface area contributed by atoms with E-state index in [0.717, 1.165) is 0 Å². The molecule has 1 amide bonds. The second-order valence-electron chi connectivity index (χ2n) is 2.40. The number of rotatable bonds is 2. The predicted molar refractivity (Wildman–Crippen MR) is 45.1 cm³/mol. The highest BCUT2D eigenvalue weighted by molar-refractivity contribution is 5.95. The van der Waals surface area contributed by atoms with Crippen molar-refractivity contribution in [3.63, 3.8) is 0 Å². The average Bonchev–Trinajstić information content (AvgIpc) is 2.16. The van der Waals surface area contributed by atoms with Gasteiger partial charge in [-0.3, -0.25) is 10.0 Å². The van der Waals surface area contributed by atoms with Gasteiger partial charge in [0.05, 0.1) is 12.2 Å². The van der Waals surface area contributed by atoms with Crippen molar-refractivity contribution in [3.05, 3.63) is 29.8 Å². The van der Waals surface area contributed by atoms with E-state index < -0.39 is 5.91 Å². The molecule has 0 spiro atoms. The molecule has 5 nitrogen and oxygen atoms in total. The van der Waals surface area contributed by atoms with Crippen LogP contribution in [0.15, 0.2) is 24.3 Å². The first-order valence-corrected chi connectivity index (χ1v) is 3.65. The molecule has 5 heteroatoms. The number of carbonyl (C=O) groups is 1. The number of para-hydroxylation sites is 1. The minimum Gasteiger partial charge on any atom is -0.507 e. The lowest BCUT2D eigenvalue weighted by Crippen LogP contribution is -2.32. The van der Waals surface area contributed by atoms with Crippen LogP contribution < -0.4 is 5.73 Å². The maximum Gasteiger partial charge on any atom is 0.282 e. The first-order valence-electron chi connectivity index (χ1n) is 3.65. The number of carbonyl (C=O) groups excluding carboxylic acids is 1. The normalized spacial score (nSPS) is 9.69. The molecule has 0 aliphatic rings. The van der Waals surface area contributed by atoms with Crippen LogP contribution in [0.3, 0.4) is 0 Å². The van der Waals surface area contributed by atoms with Crippen LogP contribution in [-0.4, -0.2) is 28.0 Å². The van der Waals surface area contributed by atoms with Crippen molar-refractivity contribution in [2.24, 2.45) is 5.73 Å². The van der Waals surface area contributed by atoms with Gasteiger partial charge in [-0.25, -0.2) is 5.06 Å². The lowest BCUT2D eigenvalue weighted by molar-refractivity contribution is -0.0564. The zero-order valence-corrected chi connectivity index (χ0v) is 6.84. The number of benzene rings is 1. The molecule has 0 aliphatic carbocycles. The number of nitrogens with zero attached hydrogens (tertiary/aromatic N) is 1. The average molecular weight is 182 g/mol. The van der Waals surface area contributed by atoms with E-state index in [4.69, 9.17) is 10.9 Å². The summed E-state index contributed by atoms with van der Waals surface area (Å²) in [4.78, 5) is 11.2. The summed E-state index contributed by atoms with van der Waals surface area (Å²) < 4.78 is 0. The lowest BCUT2D eigenvalue weighted by Gasteiger charge is -2.12. The van der Waals surface area contributed by atoms with E-state index in [1.165, 1.54) is 12.1 Å². The van der Waals surface area contributed by atoms with E-state index in [0.29, 0.717) is 5.06 Å². The van der Waals surface area contributed by atoms with Gasteiger partial charge in [-0.15, -0.1) is 0 Å². The highest BCUT2D eigenvalue weighted by Gasteiger charge is 2.14. The van der Waals surface area contributed by atoms with Crippen LogP contribution in [0.2, 0.25) is 0 Å². The molecule has 1 aromatic carbocycles. The van der Waals surface area contributed by atoms with Crippen LogP contribution in [0.25, 0.3) is 0 Å². The topological polar surface area (TPSA) is 86.8 Å². The third-order valence-electron chi connectivity index (χ3n) is 1.54. The number of phenolic OH excluding ortho intramolecular Hbond substituents is 1. The van der Waals surface area contributed by atoms with Crippen molar-refractivity contribution < 1.29 is 15.1 Å².